The van der Waals surface area contributed by atoms with Gasteiger partial charge in [0.2, 0.25) is 17.4 Å². The van der Waals surface area contributed by atoms with Crippen LogP contribution in [-0.2, 0) is 6.42 Å². The molecule has 2 aromatic rings. The van der Waals surface area contributed by atoms with E-state index in [4.69, 9.17) is 4.74 Å². The van der Waals surface area contributed by atoms with E-state index in [0.717, 1.165) is 17.7 Å². The molecule has 0 amide bonds. The number of hydrogen-bond acceptors (Lipinski definition) is 4. The number of aryl methyl sites for hydroxylation is 1. The van der Waals surface area contributed by atoms with Crippen molar-refractivity contribution in [2.24, 2.45) is 0 Å². The van der Waals surface area contributed by atoms with E-state index < -0.39 is 0 Å². The Labute approximate surface area is 111 Å². The number of rotatable bonds is 4. The summed E-state index contributed by atoms with van der Waals surface area (Å²) >= 11 is 0. The summed E-state index contributed by atoms with van der Waals surface area (Å²) in [5, 5.41) is 0. The van der Waals surface area contributed by atoms with Crippen LogP contribution in [0.25, 0.3) is 5.78 Å². The third-order valence-corrected chi connectivity index (χ3v) is 3.11. The quantitative estimate of drug-likeness (QED) is 0.625. The van der Waals surface area contributed by atoms with Crippen molar-refractivity contribution in [3.05, 3.63) is 35.3 Å². The predicted molar refractivity (Wildman–Crippen MR) is 72.8 cm³/mol. The third kappa shape index (κ3) is 2.12. The second-order valence-corrected chi connectivity index (χ2v) is 4.44. The first kappa shape index (κ1) is 13.3. The Hall–Kier alpha value is -2.17. The van der Waals surface area contributed by atoms with Crippen LogP contribution in [0.2, 0.25) is 0 Å². The van der Waals surface area contributed by atoms with E-state index in [9.17, 15) is 4.79 Å². The van der Waals surface area contributed by atoms with Crippen molar-refractivity contribution in [2.75, 3.05) is 7.11 Å². The summed E-state index contributed by atoms with van der Waals surface area (Å²) in [7, 11) is 1.58. The molecule has 0 radical (unpaired) electrons. The minimum Gasteiger partial charge on any atom is -0.481 e. The highest BCUT2D eigenvalue weighted by Gasteiger charge is 2.17. The highest BCUT2D eigenvalue weighted by atomic mass is 16.5. The Kier molecular flexibility index (Phi) is 3.38. The van der Waals surface area contributed by atoms with Gasteiger partial charge in [0.25, 0.3) is 0 Å². The zero-order chi connectivity index (χ0) is 14.2. The number of carbonyl (C=O) groups excluding carboxylic acids is 1. The van der Waals surface area contributed by atoms with Gasteiger partial charge in [-0.1, -0.05) is 13.5 Å². The molecule has 2 rings (SSSR count). The Morgan fingerprint density at radius 2 is 2.16 bits per heavy atom. The average molecular weight is 259 g/mol. The topological polar surface area (TPSA) is 56.5 Å². The van der Waals surface area contributed by atoms with Crippen LogP contribution in [0.3, 0.4) is 0 Å². The number of carbonyl (C=O) groups is 1. The number of ether oxygens (including phenoxy) is 1. The van der Waals surface area contributed by atoms with Crippen LogP contribution in [0.1, 0.15) is 35.6 Å². The van der Waals surface area contributed by atoms with Gasteiger partial charge in [-0.2, -0.15) is 4.98 Å². The number of Topliss-reactive ketones (excluding diaryl/α,β-unsaturated/α-hetero) is 1. The highest BCUT2D eigenvalue weighted by Crippen LogP contribution is 2.22. The van der Waals surface area contributed by atoms with Crippen molar-refractivity contribution >= 4 is 11.6 Å². The molecule has 0 saturated heterocycles. The first-order chi connectivity index (χ1) is 8.99. The van der Waals surface area contributed by atoms with Gasteiger partial charge < -0.3 is 4.74 Å². The smallest absolute Gasteiger partial charge is 0.237 e. The van der Waals surface area contributed by atoms with Crippen molar-refractivity contribution in [1.29, 1.82) is 0 Å². The summed E-state index contributed by atoms with van der Waals surface area (Å²) in [6.07, 6.45) is 2.51. The fourth-order valence-electron chi connectivity index (χ4n) is 2.06. The van der Waals surface area contributed by atoms with Gasteiger partial charge in [-0.05, 0) is 25.8 Å². The fraction of sp³-hybridized carbons (Fsp3) is 0.357. The van der Waals surface area contributed by atoms with E-state index in [1.807, 2.05) is 18.2 Å². The third-order valence-electron chi connectivity index (χ3n) is 3.11. The van der Waals surface area contributed by atoms with Gasteiger partial charge in [0.15, 0.2) is 0 Å². The number of aromatic nitrogens is 3. The van der Waals surface area contributed by atoms with Crippen molar-refractivity contribution < 1.29 is 9.53 Å². The van der Waals surface area contributed by atoms with Gasteiger partial charge in [-0.3, -0.25) is 9.20 Å². The molecule has 0 aromatic carbocycles. The second-order valence-electron chi connectivity index (χ2n) is 4.44. The molecule has 0 bridgehead atoms. The summed E-state index contributed by atoms with van der Waals surface area (Å²) < 4.78 is 7.09. The molecule has 0 N–H and O–H groups in total. The van der Waals surface area contributed by atoms with Crippen LogP contribution in [0, 0.1) is 6.92 Å². The minimum atomic E-state index is -0.165. The summed E-state index contributed by atoms with van der Waals surface area (Å²) in [6.45, 7) is 9.32. The van der Waals surface area contributed by atoms with Crippen LogP contribution in [-0.4, -0.2) is 27.3 Å². The lowest BCUT2D eigenvalue weighted by Crippen LogP contribution is -2.03. The maximum atomic E-state index is 11.9. The van der Waals surface area contributed by atoms with Gasteiger partial charge in [0.05, 0.1) is 7.11 Å². The lowest BCUT2D eigenvalue weighted by atomic mass is 10.2. The van der Waals surface area contributed by atoms with Crippen LogP contribution in [0.4, 0.5) is 0 Å². The molecule has 100 valence electrons. The van der Waals surface area contributed by atoms with Crippen LogP contribution < -0.4 is 4.74 Å². The Morgan fingerprint density at radius 1 is 1.47 bits per heavy atom. The maximum absolute atomic E-state index is 11.9. The SMILES string of the molecule is C=C(C)C(=O)c1cn2c(C)c(CC)c(OC)nc2n1. The zero-order valence-corrected chi connectivity index (χ0v) is 11.6. The number of allylic oxidation sites excluding steroid dienone is 1. The Bertz CT molecular complexity index is 671. The molecule has 2 heterocycles. The van der Waals surface area contributed by atoms with Crippen molar-refractivity contribution in [1.82, 2.24) is 14.4 Å². The van der Waals surface area contributed by atoms with Crippen LogP contribution in [0.15, 0.2) is 18.3 Å². The summed E-state index contributed by atoms with van der Waals surface area (Å²) in [5.74, 6) is 0.866. The Morgan fingerprint density at radius 3 is 2.68 bits per heavy atom. The largest absolute Gasteiger partial charge is 0.481 e. The molecule has 0 aliphatic rings. The molecular formula is C14H17N3O2. The van der Waals surface area contributed by atoms with E-state index in [1.54, 1.807) is 20.2 Å². The summed E-state index contributed by atoms with van der Waals surface area (Å²) in [5.41, 5.74) is 2.82. The lowest BCUT2D eigenvalue weighted by Gasteiger charge is -2.10. The molecule has 5 heteroatoms. The monoisotopic (exact) mass is 259 g/mol. The lowest BCUT2D eigenvalue weighted by molar-refractivity contribution is 0.103. The summed E-state index contributed by atoms with van der Waals surface area (Å²) in [6, 6.07) is 0. The molecule has 0 saturated carbocycles. The number of fused-ring (bicyclic) bond motifs is 1. The molecule has 0 unspecified atom stereocenters. The number of hydrogen-bond donors (Lipinski definition) is 0. The molecular weight excluding hydrogens is 242 g/mol. The first-order valence-corrected chi connectivity index (χ1v) is 6.12. The van der Waals surface area contributed by atoms with Crippen molar-refractivity contribution in [3.8, 4) is 5.88 Å². The van der Waals surface area contributed by atoms with E-state index >= 15 is 0 Å². The molecule has 5 nitrogen and oxygen atoms in total. The van der Waals surface area contributed by atoms with E-state index in [0.29, 0.717) is 22.9 Å². The Balaban J connectivity index is 2.69. The second kappa shape index (κ2) is 4.84. The van der Waals surface area contributed by atoms with Gasteiger partial charge in [-0.15, -0.1) is 0 Å². The standard InChI is InChI=1S/C14H17N3O2/c1-6-10-9(4)17-7-11(12(18)8(2)3)15-14(17)16-13(10)19-5/h7H,2,6H2,1,3-5H3. The molecule has 19 heavy (non-hydrogen) atoms. The highest BCUT2D eigenvalue weighted by molar-refractivity contribution is 6.06. The number of methoxy groups -OCH3 is 1. The molecule has 0 atom stereocenters. The fourth-order valence-corrected chi connectivity index (χ4v) is 2.06. The zero-order valence-electron chi connectivity index (χ0n) is 11.6. The molecule has 0 aliphatic carbocycles. The van der Waals surface area contributed by atoms with E-state index in [1.165, 1.54) is 0 Å². The molecule has 2 aromatic heterocycles. The predicted octanol–water partition coefficient (Wildman–Crippen LogP) is 2.37. The van der Waals surface area contributed by atoms with Gasteiger partial charge in [0, 0.05) is 17.5 Å². The minimum absolute atomic E-state index is 0.165. The first-order valence-electron chi connectivity index (χ1n) is 6.12. The maximum Gasteiger partial charge on any atom is 0.237 e. The number of nitrogens with zero attached hydrogens (tertiary/aromatic N) is 3. The normalized spacial score (nSPS) is 10.7. The van der Waals surface area contributed by atoms with E-state index in [-0.39, 0.29) is 5.78 Å². The van der Waals surface area contributed by atoms with Crippen molar-refractivity contribution in [2.45, 2.75) is 27.2 Å². The summed E-state index contributed by atoms with van der Waals surface area (Å²) in [4.78, 5) is 20.5. The van der Waals surface area contributed by atoms with E-state index in [2.05, 4.69) is 16.5 Å². The van der Waals surface area contributed by atoms with Crippen LogP contribution in [0.5, 0.6) is 5.88 Å². The van der Waals surface area contributed by atoms with Gasteiger partial charge in [0.1, 0.15) is 5.69 Å². The van der Waals surface area contributed by atoms with Crippen LogP contribution >= 0.6 is 0 Å². The van der Waals surface area contributed by atoms with Gasteiger partial charge >= 0.3 is 0 Å². The molecule has 0 fully saturated rings. The average Bonchev–Trinajstić information content (AvgIpc) is 2.81. The van der Waals surface area contributed by atoms with Crippen molar-refractivity contribution in [3.63, 3.8) is 0 Å². The molecule has 0 spiro atoms. The van der Waals surface area contributed by atoms with Gasteiger partial charge in [-0.25, -0.2) is 4.98 Å². The number of imidazole rings is 1. The number of ketones is 1. The molecule has 0 aliphatic heterocycles.